The highest BCUT2D eigenvalue weighted by Gasteiger charge is 2.57. The Morgan fingerprint density at radius 2 is 1.77 bits per heavy atom. The number of benzene rings is 1. The van der Waals surface area contributed by atoms with E-state index in [-0.39, 0.29) is 32.1 Å². The molecule has 1 aromatic rings. The van der Waals surface area contributed by atoms with Crippen molar-refractivity contribution in [2.45, 2.75) is 12.2 Å². The van der Waals surface area contributed by atoms with E-state index in [9.17, 15) is 22.0 Å². The number of carbonyl (C=O) groups excluding carboxylic acids is 1. The van der Waals surface area contributed by atoms with Gasteiger partial charge in [0.2, 0.25) is 0 Å². The average Bonchev–Trinajstić information content (AvgIpc) is 2.49. The maximum absolute atomic E-state index is 14.0. The molecule has 1 aromatic carbocycles. The molecule has 1 aliphatic heterocycles. The summed E-state index contributed by atoms with van der Waals surface area (Å²) < 4.78 is 60.8. The van der Waals surface area contributed by atoms with E-state index < -0.39 is 21.3 Å². The van der Waals surface area contributed by atoms with Crippen LogP contribution < -0.4 is 4.18 Å². The van der Waals surface area contributed by atoms with Crippen LogP contribution >= 0.6 is 0 Å². The number of carbonyl (C=O) groups is 1. The van der Waals surface area contributed by atoms with Gasteiger partial charge in [-0.2, -0.15) is 17.2 Å². The summed E-state index contributed by atoms with van der Waals surface area (Å²) in [6, 6.07) is 5.49. The van der Waals surface area contributed by atoms with Crippen molar-refractivity contribution in [3.05, 3.63) is 29.8 Å². The summed E-state index contributed by atoms with van der Waals surface area (Å²) >= 11 is 0. The third kappa shape index (κ3) is 3.36. The van der Waals surface area contributed by atoms with Gasteiger partial charge in [0.25, 0.3) is 0 Å². The topological polar surface area (TPSA) is 72.9 Å². The van der Waals surface area contributed by atoms with Gasteiger partial charge in [-0.1, -0.05) is 17.7 Å². The number of hydrogen-bond acceptors (Lipinski definition) is 5. The molecule has 1 fully saturated rings. The Bertz CT molecular complexity index is 639. The lowest BCUT2D eigenvalue weighted by molar-refractivity contribution is -0.151. The van der Waals surface area contributed by atoms with Gasteiger partial charge < -0.3 is 13.8 Å². The highest BCUT2D eigenvalue weighted by molar-refractivity contribution is 7.89. The highest BCUT2D eigenvalue weighted by atomic mass is 32.2. The quantitative estimate of drug-likeness (QED) is 0.772. The maximum Gasteiger partial charge on any atom is 0.458 e. The molecule has 0 atom stereocenters. The minimum Gasteiger partial charge on any atom is -0.378 e. The number of ether oxygens (including phenoxy) is 1. The molecule has 1 aliphatic rings. The van der Waals surface area contributed by atoms with Gasteiger partial charge in [0.1, 0.15) is 5.75 Å². The number of morpholine rings is 1. The number of rotatable bonds is 4. The van der Waals surface area contributed by atoms with E-state index in [1.165, 1.54) is 24.3 Å². The van der Waals surface area contributed by atoms with Crippen molar-refractivity contribution >= 4 is 16.0 Å². The monoisotopic (exact) mass is 335 g/mol. The zero-order valence-corrected chi connectivity index (χ0v) is 12.6. The lowest BCUT2D eigenvalue weighted by Crippen LogP contribution is -2.52. The molecule has 6 nitrogen and oxygen atoms in total. The average molecular weight is 335 g/mol. The second-order valence-corrected chi connectivity index (χ2v) is 6.36. The molecule has 0 spiro atoms. The van der Waals surface area contributed by atoms with Gasteiger partial charge in [-0.15, -0.1) is 0 Å². The third-order valence-corrected chi connectivity index (χ3v) is 4.30. The van der Waals surface area contributed by atoms with Crippen LogP contribution in [0.4, 0.5) is 8.78 Å². The summed E-state index contributed by atoms with van der Waals surface area (Å²) in [6.45, 7) is 1.74. The number of hydrogen-bond donors (Lipinski definition) is 0. The second kappa shape index (κ2) is 6.17. The molecule has 0 unspecified atom stereocenters. The van der Waals surface area contributed by atoms with Gasteiger partial charge in [-0.25, -0.2) is 0 Å². The summed E-state index contributed by atoms with van der Waals surface area (Å²) in [5.74, 6) is -2.08. The van der Waals surface area contributed by atoms with Crippen LogP contribution in [-0.4, -0.2) is 50.8 Å². The van der Waals surface area contributed by atoms with Crippen LogP contribution in [0, 0.1) is 6.92 Å². The van der Waals surface area contributed by atoms with Crippen LogP contribution in [0.3, 0.4) is 0 Å². The largest absolute Gasteiger partial charge is 0.458 e. The zero-order chi connectivity index (χ0) is 16.4. The molecule has 22 heavy (non-hydrogen) atoms. The van der Waals surface area contributed by atoms with E-state index in [2.05, 4.69) is 4.18 Å². The van der Waals surface area contributed by atoms with Crippen molar-refractivity contribution in [2.24, 2.45) is 0 Å². The summed E-state index contributed by atoms with van der Waals surface area (Å²) in [5.41, 5.74) is 0.806. The van der Waals surface area contributed by atoms with Crippen molar-refractivity contribution in [1.82, 2.24) is 4.90 Å². The molecule has 0 radical (unpaired) electrons. The Morgan fingerprint density at radius 3 is 2.32 bits per heavy atom. The van der Waals surface area contributed by atoms with Gasteiger partial charge >= 0.3 is 21.3 Å². The highest BCUT2D eigenvalue weighted by Crippen LogP contribution is 2.28. The fourth-order valence-electron chi connectivity index (χ4n) is 1.83. The summed E-state index contributed by atoms with van der Waals surface area (Å²) in [5, 5.41) is -4.66. The molecule has 0 bridgehead atoms. The lowest BCUT2D eigenvalue weighted by Gasteiger charge is -2.29. The van der Waals surface area contributed by atoms with Crippen molar-refractivity contribution in [1.29, 1.82) is 0 Å². The molecule has 0 N–H and O–H groups in total. The molecule has 0 aromatic heterocycles. The van der Waals surface area contributed by atoms with E-state index in [0.717, 1.165) is 10.5 Å². The van der Waals surface area contributed by atoms with Gasteiger partial charge in [0, 0.05) is 13.1 Å². The molecule has 2 rings (SSSR count). The minimum absolute atomic E-state index is 0.0840. The molecule has 0 aliphatic carbocycles. The molecule has 1 heterocycles. The number of aryl methyl sites for hydroxylation is 1. The Balaban J connectivity index is 2.18. The number of nitrogens with zero attached hydrogens (tertiary/aromatic N) is 1. The summed E-state index contributed by atoms with van der Waals surface area (Å²) in [7, 11) is -5.44. The van der Waals surface area contributed by atoms with E-state index in [1.807, 2.05) is 0 Å². The minimum atomic E-state index is -5.44. The van der Waals surface area contributed by atoms with Crippen LogP contribution in [-0.2, 0) is 19.6 Å². The smallest absolute Gasteiger partial charge is 0.378 e. The Morgan fingerprint density at radius 1 is 1.23 bits per heavy atom. The van der Waals surface area contributed by atoms with E-state index in [1.54, 1.807) is 6.92 Å². The van der Waals surface area contributed by atoms with Crippen LogP contribution in [0.2, 0.25) is 0 Å². The summed E-state index contributed by atoms with van der Waals surface area (Å²) in [4.78, 5) is 12.5. The molecule has 0 saturated carbocycles. The van der Waals surface area contributed by atoms with Crippen LogP contribution in [0.1, 0.15) is 5.56 Å². The molecule has 1 saturated heterocycles. The number of halogens is 2. The predicted octanol–water partition coefficient (Wildman–Crippen LogP) is 1.16. The zero-order valence-electron chi connectivity index (χ0n) is 11.8. The Kier molecular flexibility index (Phi) is 4.66. The lowest BCUT2D eigenvalue weighted by atomic mass is 10.2. The van der Waals surface area contributed by atoms with E-state index in [4.69, 9.17) is 4.74 Å². The Hall–Kier alpha value is -1.74. The normalized spacial score (nSPS) is 16.4. The fraction of sp³-hybridized carbons (Fsp3) is 0.462. The van der Waals surface area contributed by atoms with E-state index >= 15 is 0 Å². The first-order valence-corrected chi connectivity index (χ1v) is 7.90. The first-order valence-electron chi connectivity index (χ1n) is 6.50. The van der Waals surface area contributed by atoms with Crippen LogP contribution in [0.15, 0.2) is 24.3 Å². The molecule has 9 heteroatoms. The fourth-order valence-corrected chi connectivity index (χ4v) is 2.64. The maximum atomic E-state index is 14.0. The first kappa shape index (κ1) is 16.6. The van der Waals surface area contributed by atoms with Crippen molar-refractivity contribution < 1.29 is 30.9 Å². The van der Waals surface area contributed by atoms with Crippen LogP contribution in [0.25, 0.3) is 0 Å². The van der Waals surface area contributed by atoms with Gasteiger partial charge in [0.15, 0.2) is 0 Å². The molecule has 1 amide bonds. The van der Waals surface area contributed by atoms with Gasteiger partial charge in [-0.3, -0.25) is 4.79 Å². The molecular weight excluding hydrogens is 320 g/mol. The standard InChI is InChI=1S/C13H15F2NO5S/c1-10-2-4-11(5-3-10)21-22(18,19)13(14,15)12(17)16-6-8-20-9-7-16/h2-5H,6-9H2,1H3. The Labute approximate surface area is 126 Å². The second-order valence-electron chi connectivity index (χ2n) is 4.77. The predicted molar refractivity (Wildman–Crippen MR) is 73.1 cm³/mol. The molecular formula is C13H15F2NO5S. The SMILES string of the molecule is Cc1ccc(OS(=O)(=O)C(F)(F)C(=O)N2CCOCC2)cc1. The van der Waals surface area contributed by atoms with Crippen molar-refractivity contribution in [2.75, 3.05) is 26.3 Å². The molecule has 122 valence electrons. The number of amides is 1. The number of alkyl halides is 2. The third-order valence-electron chi connectivity index (χ3n) is 3.09. The van der Waals surface area contributed by atoms with E-state index in [0.29, 0.717) is 0 Å². The van der Waals surface area contributed by atoms with Crippen molar-refractivity contribution in [3.8, 4) is 5.75 Å². The first-order chi connectivity index (χ1) is 10.2. The van der Waals surface area contributed by atoms with Crippen molar-refractivity contribution in [3.63, 3.8) is 0 Å². The summed E-state index contributed by atoms with van der Waals surface area (Å²) in [6.07, 6.45) is 0. The van der Waals surface area contributed by atoms with Gasteiger partial charge in [-0.05, 0) is 19.1 Å². The van der Waals surface area contributed by atoms with Gasteiger partial charge in [0.05, 0.1) is 13.2 Å². The van der Waals surface area contributed by atoms with Crippen LogP contribution in [0.5, 0.6) is 5.75 Å².